The third-order valence-corrected chi connectivity index (χ3v) is 3.58. The number of piperidine rings is 1. The minimum absolute atomic E-state index is 0.0363. The van der Waals surface area contributed by atoms with Crippen molar-refractivity contribution in [2.24, 2.45) is 11.8 Å². The van der Waals surface area contributed by atoms with E-state index < -0.39 is 0 Å². The first-order chi connectivity index (χ1) is 7.72. The number of carbonyl (C=O) groups is 2. The van der Waals surface area contributed by atoms with Gasteiger partial charge in [-0.05, 0) is 19.3 Å². The summed E-state index contributed by atoms with van der Waals surface area (Å²) < 4.78 is 5.63. The average Bonchev–Trinajstić information content (AvgIpc) is 2.75. The molecule has 2 amide bonds. The van der Waals surface area contributed by atoms with Crippen molar-refractivity contribution in [1.82, 2.24) is 5.32 Å². The lowest BCUT2D eigenvalue weighted by molar-refractivity contribution is -0.142. The van der Waals surface area contributed by atoms with Crippen LogP contribution in [0.25, 0.3) is 0 Å². The van der Waals surface area contributed by atoms with Crippen LogP contribution in [-0.2, 0) is 14.3 Å². The van der Waals surface area contributed by atoms with Gasteiger partial charge >= 0.3 is 0 Å². The van der Waals surface area contributed by atoms with E-state index in [-0.39, 0.29) is 29.8 Å². The molecule has 2 heterocycles. The Hall–Kier alpha value is -0.900. The molecule has 3 atom stereocenters. The Labute approximate surface area is 95.7 Å². The van der Waals surface area contributed by atoms with E-state index in [4.69, 9.17) is 4.74 Å². The highest BCUT2D eigenvalue weighted by atomic mass is 16.5. The van der Waals surface area contributed by atoms with Crippen molar-refractivity contribution in [1.29, 1.82) is 0 Å². The number of ether oxygens (including phenoxy) is 1. The molecule has 16 heavy (non-hydrogen) atoms. The lowest BCUT2D eigenvalue weighted by atomic mass is 9.78. The van der Waals surface area contributed by atoms with Gasteiger partial charge in [0.05, 0.1) is 6.10 Å². The van der Waals surface area contributed by atoms with Crippen LogP contribution in [-0.4, -0.2) is 24.5 Å². The summed E-state index contributed by atoms with van der Waals surface area (Å²) in [6, 6.07) is 0. The van der Waals surface area contributed by atoms with E-state index in [1.165, 1.54) is 0 Å². The Bertz CT molecular complexity index is 284. The number of hydrogen-bond donors (Lipinski definition) is 1. The second-order valence-corrected chi connectivity index (χ2v) is 4.73. The maximum Gasteiger partial charge on any atom is 0.230 e. The molecule has 2 rings (SSSR count). The fraction of sp³-hybridized carbons (Fsp3) is 0.833. The van der Waals surface area contributed by atoms with E-state index in [1.54, 1.807) is 0 Å². The first-order valence-electron chi connectivity index (χ1n) is 6.17. The summed E-state index contributed by atoms with van der Waals surface area (Å²) in [5.41, 5.74) is 0. The summed E-state index contributed by atoms with van der Waals surface area (Å²) >= 11 is 0. The predicted octanol–water partition coefficient (Wildman–Crippen LogP) is 1.24. The van der Waals surface area contributed by atoms with E-state index in [2.05, 4.69) is 12.2 Å². The zero-order chi connectivity index (χ0) is 11.5. The van der Waals surface area contributed by atoms with Gasteiger partial charge < -0.3 is 4.74 Å². The summed E-state index contributed by atoms with van der Waals surface area (Å²) in [6.07, 6.45) is 4.42. The molecule has 0 aromatic heterocycles. The van der Waals surface area contributed by atoms with Gasteiger partial charge in [0, 0.05) is 24.9 Å². The van der Waals surface area contributed by atoms with Crippen LogP contribution in [0.15, 0.2) is 0 Å². The van der Waals surface area contributed by atoms with Crippen LogP contribution in [0.2, 0.25) is 0 Å². The first-order valence-corrected chi connectivity index (χ1v) is 6.17. The van der Waals surface area contributed by atoms with Gasteiger partial charge in [-0.1, -0.05) is 13.3 Å². The van der Waals surface area contributed by atoms with E-state index in [0.717, 1.165) is 32.3 Å². The Morgan fingerprint density at radius 1 is 1.44 bits per heavy atom. The molecule has 1 N–H and O–H groups in total. The highest BCUT2D eigenvalue weighted by molar-refractivity contribution is 5.99. The number of amides is 2. The molecule has 0 radical (unpaired) electrons. The van der Waals surface area contributed by atoms with Crippen LogP contribution in [0, 0.1) is 11.8 Å². The largest absolute Gasteiger partial charge is 0.378 e. The molecular formula is C12H19NO3. The molecule has 2 aliphatic rings. The van der Waals surface area contributed by atoms with Gasteiger partial charge in [-0.3, -0.25) is 14.9 Å². The third-order valence-electron chi connectivity index (χ3n) is 3.58. The van der Waals surface area contributed by atoms with Gasteiger partial charge in [-0.15, -0.1) is 0 Å². The topological polar surface area (TPSA) is 55.4 Å². The van der Waals surface area contributed by atoms with Crippen molar-refractivity contribution in [2.75, 3.05) is 6.61 Å². The lowest BCUT2D eigenvalue weighted by Gasteiger charge is -2.33. The molecule has 0 aromatic rings. The third kappa shape index (κ3) is 2.26. The fourth-order valence-corrected chi connectivity index (χ4v) is 2.82. The van der Waals surface area contributed by atoms with E-state index in [9.17, 15) is 9.59 Å². The zero-order valence-corrected chi connectivity index (χ0v) is 9.70. The Morgan fingerprint density at radius 2 is 2.25 bits per heavy atom. The van der Waals surface area contributed by atoms with Crippen molar-refractivity contribution < 1.29 is 14.3 Å². The maximum atomic E-state index is 11.8. The summed E-state index contributed by atoms with van der Waals surface area (Å²) in [7, 11) is 0. The van der Waals surface area contributed by atoms with Gasteiger partial charge in [0.25, 0.3) is 0 Å². The summed E-state index contributed by atoms with van der Waals surface area (Å²) in [5.74, 6) is -0.175. The number of nitrogens with one attached hydrogen (secondary N) is 1. The highest BCUT2D eigenvalue weighted by Gasteiger charge is 2.41. The van der Waals surface area contributed by atoms with Crippen LogP contribution in [0.1, 0.15) is 39.0 Å². The average molecular weight is 225 g/mol. The lowest BCUT2D eigenvalue weighted by Crippen LogP contribution is -2.49. The number of hydrogen-bond acceptors (Lipinski definition) is 3. The van der Waals surface area contributed by atoms with Crippen molar-refractivity contribution in [2.45, 2.75) is 45.1 Å². The highest BCUT2D eigenvalue weighted by Crippen LogP contribution is 2.33. The molecule has 2 aliphatic heterocycles. The number of imide groups is 1. The molecule has 0 aromatic carbocycles. The Kier molecular flexibility index (Phi) is 3.59. The van der Waals surface area contributed by atoms with Gasteiger partial charge in [0.15, 0.2) is 0 Å². The molecule has 3 unspecified atom stereocenters. The minimum atomic E-state index is -0.141. The van der Waals surface area contributed by atoms with Crippen molar-refractivity contribution in [3.63, 3.8) is 0 Å². The van der Waals surface area contributed by atoms with Crippen LogP contribution in [0.3, 0.4) is 0 Å². The van der Waals surface area contributed by atoms with Gasteiger partial charge in [0.1, 0.15) is 0 Å². The quantitative estimate of drug-likeness (QED) is 0.735. The first kappa shape index (κ1) is 11.6. The molecule has 0 bridgehead atoms. The second-order valence-electron chi connectivity index (χ2n) is 4.73. The SMILES string of the molecule is CCCC1C(=O)NC(=O)CC1C1CCCO1. The summed E-state index contributed by atoms with van der Waals surface area (Å²) in [5, 5.41) is 2.43. The van der Waals surface area contributed by atoms with Crippen LogP contribution >= 0.6 is 0 Å². The van der Waals surface area contributed by atoms with E-state index >= 15 is 0 Å². The van der Waals surface area contributed by atoms with Crippen LogP contribution in [0.5, 0.6) is 0 Å². The Balaban J connectivity index is 2.09. The molecule has 0 aliphatic carbocycles. The number of carbonyl (C=O) groups excluding carboxylic acids is 2. The number of rotatable bonds is 3. The molecular weight excluding hydrogens is 206 g/mol. The maximum absolute atomic E-state index is 11.8. The molecule has 2 saturated heterocycles. The minimum Gasteiger partial charge on any atom is -0.378 e. The van der Waals surface area contributed by atoms with Crippen molar-refractivity contribution in [3.05, 3.63) is 0 Å². The van der Waals surface area contributed by atoms with Crippen LogP contribution in [0.4, 0.5) is 0 Å². The van der Waals surface area contributed by atoms with Gasteiger partial charge in [0.2, 0.25) is 11.8 Å². The molecule has 90 valence electrons. The normalized spacial score (nSPS) is 35.2. The molecule has 4 heteroatoms. The van der Waals surface area contributed by atoms with Crippen LogP contribution < -0.4 is 5.32 Å². The monoisotopic (exact) mass is 225 g/mol. The Morgan fingerprint density at radius 3 is 2.88 bits per heavy atom. The zero-order valence-electron chi connectivity index (χ0n) is 9.70. The fourth-order valence-electron chi connectivity index (χ4n) is 2.82. The van der Waals surface area contributed by atoms with E-state index in [0.29, 0.717) is 6.42 Å². The van der Waals surface area contributed by atoms with E-state index in [1.807, 2.05) is 0 Å². The molecule has 4 nitrogen and oxygen atoms in total. The molecule has 0 saturated carbocycles. The second kappa shape index (κ2) is 4.95. The molecule has 2 fully saturated rings. The summed E-state index contributed by atoms with van der Waals surface area (Å²) in [6.45, 7) is 2.84. The van der Waals surface area contributed by atoms with Crippen molar-refractivity contribution in [3.8, 4) is 0 Å². The van der Waals surface area contributed by atoms with Crippen molar-refractivity contribution >= 4 is 11.8 Å². The standard InChI is InChI=1S/C12H19NO3/c1-2-4-8-9(10-5-3-6-16-10)7-11(14)13-12(8)15/h8-10H,2-7H2,1H3,(H,13,14,15). The smallest absolute Gasteiger partial charge is 0.230 e. The van der Waals surface area contributed by atoms with Gasteiger partial charge in [-0.2, -0.15) is 0 Å². The molecule has 0 spiro atoms. The predicted molar refractivity (Wildman–Crippen MR) is 58.6 cm³/mol. The van der Waals surface area contributed by atoms with Gasteiger partial charge in [-0.25, -0.2) is 0 Å². The summed E-state index contributed by atoms with van der Waals surface area (Å²) in [4.78, 5) is 23.2.